The van der Waals surface area contributed by atoms with Gasteiger partial charge >= 0.3 is 5.97 Å². The van der Waals surface area contributed by atoms with Gasteiger partial charge in [-0.2, -0.15) is 0 Å². The van der Waals surface area contributed by atoms with Crippen molar-refractivity contribution in [3.8, 4) is 5.75 Å². The number of phenolic OH excluding ortho intramolecular Hbond substituents is 1. The third kappa shape index (κ3) is 2.75. The second-order valence-electron chi connectivity index (χ2n) is 4.15. The fourth-order valence-electron chi connectivity index (χ4n) is 1.83. The Kier molecular flexibility index (Phi) is 4.09. The van der Waals surface area contributed by atoms with Crippen molar-refractivity contribution < 1.29 is 14.6 Å². The van der Waals surface area contributed by atoms with Crippen LogP contribution in [0.4, 0.5) is 0 Å². The molecule has 1 aromatic carbocycles. The van der Waals surface area contributed by atoms with Crippen LogP contribution in [0.3, 0.4) is 0 Å². The summed E-state index contributed by atoms with van der Waals surface area (Å²) in [6, 6.07) is 3.71. The molecular formula is C13H18O3S. The molecule has 1 atom stereocenters. The first-order chi connectivity index (χ1) is 7.81. The number of aryl methyl sites for hydroxylation is 2. The van der Waals surface area contributed by atoms with E-state index < -0.39 is 10.9 Å². The molecule has 0 aromatic heterocycles. The van der Waals surface area contributed by atoms with Gasteiger partial charge in [-0.3, -0.25) is 4.79 Å². The molecule has 4 heteroatoms. The predicted molar refractivity (Wildman–Crippen MR) is 70.3 cm³/mol. The van der Waals surface area contributed by atoms with Crippen LogP contribution in [0.1, 0.15) is 37.0 Å². The van der Waals surface area contributed by atoms with Crippen LogP contribution in [0.25, 0.3) is 0 Å². The van der Waals surface area contributed by atoms with E-state index in [0.717, 1.165) is 11.1 Å². The largest absolute Gasteiger partial charge is 0.507 e. The molecule has 1 rings (SSSR count). The van der Waals surface area contributed by atoms with E-state index in [9.17, 15) is 9.90 Å². The van der Waals surface area contributed by atoms with Gasteiger partial charge in [-0.1, -0.05) is 19.1 Å². The summed E-state index contributed by atoms with van der Waals surface area (Å²) in [5.41, 5.74) is 2.16. The van der Waals surface area contributed by atoms with E-state index in [4.69, 9.17) is 4.74 Å². The number of rotatable bonds is 3. The van der Waals surface area contributed by atoms with Crippen molar-refractivity contribution in [3.63, 3.8) is 0 Å². The van der Waals surface area contributed by atoms with Crippen LogP contribution in [-0.4, -0.2) is 11.1 Å². The van der Waals surface area contributed by atoms with E-state index in [0.29, 0.717) is 12.0 Å². The second-order valence-corrected chi connectivity index (χ2v) is 4.88. The standard InChI is InChI=1S/C13H18O3S/c1-5-13(17,16-10(4)14)11-8(2)6-7-9(3)12(11)15/h6-7,15,17H,5H2,1-4H3. The number of hydrogen-bond acceptors (Lipinski definition) is 4. The van der Waals surface area contributed by atoms with Crippen LogP contribution in [0.15, 0.2) is 12.1 Å². The molecule has 0 bridgehead atoms. The monoisotopic (exact) mass is 254 g/mol. The summed E-state index contributed by atoms with van der Waals surface area (Å²) in [7, 11) is 0. The lowest BCUT2D eigenvalue weighted by Gasteiger charge is -2.29. The third-order valence-electron chi connectivity index (χ3n) is 2.77. The van der Waals surface area contributed by atoms with Crippen molar-refractivity contribution >= 4 is 18.6 Å². The summed E-state index contributed by atoms with van der Waals surface area (Å²) in [4.78, 5) is 10.1. The Bertz CT molecular complexity index is 443. The summed E-state index contributed by atoms with van der Waals surface area (Å²) in [6.45, 7) is 6.86. The van der Waals surface area contributed by atoms with Gasteiger partial charge in [-0.15, -0.1) is 12.6 Å². The average molecular weight is 254 g/mol. The second kappa shape index (κ2) is 5.00. The molecule has 3 nitrogen and oxygen atoms in total. The molecule has 0 fully saturated rings. The molecule has 94 valence electrons. The van der Waals surface area contributed by atoms with Crippen molar-refractivity contribution in [2.45, 2.75) is 39.0 Å². The summed E-state index contributed by atoms with van der Waals surface area (Å²) in [5, 5.41) is 10.1. The maximum atomic E-state index is 11.1. The number of aromatic hydroxyl groups is 1. The van der Waals surface area contributed by atoms with Crippen molar-refractivity contribution in [2.24, 2.45) is 0 Å². The summed E-state index contributed by atoms with van der Waals surface area (Å²) >= 11 is 4.43. The predicted octanol–water partition coefficient (Wildman–Crippen LogP) is 3.06. The van der Waals surface area contributed by atoms with Gasteiger partial charge < -0.3 is 9.84 Å². The lowest BCUT2D eigenvalue weighted by Crippen LogP contribution is -2.26. The van der Waals surface area contributed by atoms with E-state index in [1.807, 2.05) is 26.0 Å². The van der Waals surface area contributed by atoms with E-state index in [2.05, 4.69) is 12.6 Å². The molecule has 0 heterocycles. The Hall–Kier alpha value is -1.16. The number of carbonyl (C=O) groups is 1. The smallest absolute Gasteiger partial charge is 0.304 e. The van der Waals surface area contributed by atoms with Crippen LogP contribution in [-0.2, 0) is 14.5 Å². The van der Waals surface area contributed by atoms with Crippen molar-refractivity contribution in [1.29, 1.82) is 0 Å². The molecule has 0 aliphatic rings. The van der Waals surface area contributed by atoms with E-state index in [1.165, 1.54) is 6.92 Å². The highest BCUT2D eigenvalue weighted by atomic mass is 32.1. The van der Waals surface area contributed by atoms with Gasteiger partial charge in [0.15, 0.2) is 4.93 Å². The minimum absolute atomic E-state index is 0.142. The fourth-order valence-corrected chi connectivity index (χ4v) is 2.24. The van der Waals surface area contributed by atoms with Crippen molar-refractivity contribution in [3.05, 3.63) is 28.8 Å². The van der Waals surface area contributed by atoms with E-state index in [-0.39, 0.29) is 5.75 Å². The molecule has 1 aromatic rings. The number of benzene rings is 1. The van der Waals surface area contributed by atoms with Crippen LogP contribution >= 0.6 is 12.6 Å². The Morgan fingerprint density at radius 1 is 1.41 bits per heavy atom. The van der Waals surface area contributed by atoms with Crippen LogP contribution in [0.2, 0.25) is 0 Å². The number of carbonyl (C=O) groups excluding carboxylic acids is 1. The Labute approximate surface area is 107 Å². The highest BCUT2D eigenvalue weighted by molar-refractivity contribution is 7.81. The first-order valence-corrected chi connectivity index (χ1v) is 5.98. The third-order valence-corrected chi connectivity index (χ3v) is 3.40. The molecule has 1 unspecified atom stereocenters. The zero-order valence-electron chi connectivity index (χ0n) is 10.6. The molecule has 0 spiro atoms. The van der Waals surface area contributed by atoms with Gasteiger partial charge in [0, 0.05) is 6.92 Å². The zero-order valence-corrected chi connectivity index (χ0v) is 11.5. The average Bonchev–Trinajstić information content (AvgIpc) is 2.23. The van der Waals surface area contributed by atoms with Crippen molar-refractivity contribution in [2.75, 3.05) is 0 Å². The number of esters is 1. The van der Waals surface area contributed by atoms with Gasteiger partial charge in [0.2, 0.25) is 0 Å². The van der Waals surface area contributed by atoms with Crippen molar-refractivity contribution in [1.82, 2.24) is 0 Å². The summed E-state index contributed by atoms with van der Waals surface area (Å²) < 4.78 is 5.25. The molecule has 0 amide bonds. The minimum Gasteiger partial charge on any atom is -0.507 e. The molecule has 0 radical (unpaired) electrons. The molecule has 1 N–H and O–H groups in total. The maximum Gasteiger partial charge on any atom is 0.304 e. The molecule has 17 heavy (non-hydrogen) atoms. The summed E-state index contributed by atoms with van der Waals surface area (Å²) in [5.74, 6) is -0.273. The first kappa shape index (κ1) is 13.9. The number of thiol groups is 1. The lowest BCUT2D eigenvalue weighted by molar-refractivity contribution is -0.149. The molecule has 0 saturated heterocycles. The SMILES string of the molecule is CCC(S)(OC(C)=O)c1c(C)ccc(C)c1O. The number of phenols is 1. The highest BCUT2D eigenvalue weighted by Crippen LogP contribution is 2.42. The minimum atomic E-state index is -1.08. The van der Waals surface area contributed by atoms with Crippen LogP contribution in [0, 0.1) is 13.8 Å². The topological polar surface area (TPSA) is 46.5 Å². The number of ether oxygens (including phenoxy) is 1. The van der Waals surface area contributed by atoms with Gasteiger partial charge in [-0.05, 0) is 31.4 Å². The normalized spacial score (nSPS) is 14.2. The van der Waals surface area contributed by atoms with Gasteiger partial charge in [0.1, 0.15) is 5.75 Å². The Morgan fingerprint density at radius 3 is 2.41 bits per heavy atom. The molecule has 0 saturated carbocycles. The van der Waals surface area contributed by atoms with Gasteiger partial charge in [-0.25, -0.2) is 0 Å². The maximum absolute atomic E-state index is 11.1. The fraction of sp³-hybridized carbons (Fsp3) is 0.462. The Balaban J connectivity index is 3.38. The van der Waals surface area contributed by atoms with Gasteiger partial charge in [0.25, 0.3) is 0 Å². The quantitative estimate of drug-likeness (QED) is 0.495. The van der Waals surface area contributed by atoms with E-state index in [1.54, 1.807) is 6.92 Å². The van der Waals surface area contributed by atoms with Crippen LogP contribution < -0.4 is 0 Å². The zero-order chi connectivity index (χ0) is 13.2. The molecule has 0 aliphatic carbocycles. The van der Waals surface area contributed by atoms with Crippen LogP contribution in [0.5, 0.6) is 5.75 Å². The highest BCUT2D eigenvalue weighted by Gasteiger charge is 2.34. The Morgan fingerprint density at radius 2 is 1.94 bits per heavy atom. The molecular weight excluding hydrogens is 236 g/mol. The molecule has 0 aliphatic heterocycles. The summed E-state index contributed by atoms with van der Waals surface area (Å²) in [6.07, 6.45) is 0.480. The first-order valence-electron chi connectivity index (χ1n) is 5.53. The van der Waals surface area contributed by atoms with E-state index >= 15 is 0 Å². The van der Waals surface area contributed by atoms with Gasteiger partial charge in [0.05, 0.1) is 5.56 Å². The lowest BCUT2D eigenvalue weighted by atomic mass is 9.97. The number of hydrogen-bond donors (Lipinski definition) is 2.